The lowest BCUT2D eigenvalue weighted by Gasteiger charge is -2.17. The van der Waals surface area contributed by atoms with E-state index in [9.17, 15) is 13.2 Å². The largest absolute Gasteiger partial charge is 0.472 e. The van der Waals surface area contributed by atoms with Crippen molar-refractivity contribution < 1.29 is 22.7 Å². The smallest absolute Gasteiger partial charge is 0.411 e. The lowest BCUT2D eigenvalue weighted by Crippen LogP contribution is -2.31. The van der Waals surface area contributed by atoms with Crippen LogP contribution in [0.15, 0.2) is 41.3 Å². The summed E-state index contributed by atoms with van der Waals surface area (Å²) in [6.07, 6.45) is -0.335. The molecule has 1 aliphatic rings. The van der Waals surface area contributed by atoms with Crippen molar-refractivity contribution in [3.8, 4) is 5.88 Å². The number of carbonyl (C=O) groups is 1. The maximum atomic E-state index is 12.8. The Kier molecular flexibility index (Phi) is 5.57. The van der Waals surface area contributed by atoms with E-state index >= 15 is 0 Å². The Labute approximate surface area is 157 Å². The second-order valence-corrected chi connectivity index (χ2v) is 7.98. The molecule has 1 amide bonds. The Morgan fingerprint density at radius 1 is 1.19 bits per heavy atom. The third kappa shape index (κ3) is 4.52. The van der Waals surface area contributed by atoms with Crippen LogP contribution in [0.25, 0.3) is 0 Å². The van der Waals surface area contributed by atoms with Gasteiger partial charge in [0.2, 0.25) is 15.9 Å². The quantitative estimate of drug-likeness (QED) is 0.826. The van der Waals surface area contributed by atoms with E-state index in [1.807, 2.05) is 6.92 Å². The average molecular weight is 392 g/mol. The topological polar surface area (TPSA) is 111 Å². The number of carbonyl (C=O) groups excluding carboxylic acids is 1. The van der Waals surface area contributed by atoms with E-state index in [-0.39, 0.29) is 17.5 Å². The minimum Gasteiger partial charge on any atom is -0.472 e. The molecule has 1 aromatic heterocycles. The molecule has 9 nitrogen and oxygen atoms in total. The standard InChI is InChI=1S/C17H20N4O5S/c1-12-3-8-16(20-19-12)26-14-9-10-21(11-14)27(23,24)15-6-4-13(5-7-15)18-17(22)25-2/h3-8,14H,9-11H2,1-2H3,(H,18,22). The van der Waals surface area contributed by atoms with Gasteiger partial charge in [0.15, 0.2) is 0 Å². The highest BCUT2D eigenvalue weighted by Gasteiger charge is 2.33. The second kappa shape index (κ2) is 7.89. The molecule has 1 unspecified atom stereocenters. The molecule has 1 fully saturated rings. The van der Waals surface area contributed by atoms with Crippen molar-refractivity contribution in [3.05, 3.63) is 42.1 Å². The van der Waals surface area contributed by atoms with Gasteiger partial charge >= 0.3 is 6.09 Å². The zero-order valence-electron chi connectivity index (χ0n) is 15.0. The molecule has 0 aliphatic carbocycles. The van der Waals surface area contributed by atoms with Crippen molar-refractivity contribution in [1.82, 2.24) is 14.5 Å². The van der Waals surface area contributed by atoms with Crippen LogP contribution >= 0.6 is 0 Å². The van der Waals surface area contributed by atoms with Gasteiger partial charge in [0.05, 0.1) is 24.2 Å². The Bertz CT molecular complexity index is 900. The highest BCUT2D eigenvalue weighted by molar-refractivity contribution is 7.89. The van der Waals surface area contributed by atoms with Gasteiger partial charge < -0.3 is 9.47 Å². The van der Waals surface area contributed by atoms with E-state index in [0.29, 0.717) is 24.5 Å². The SMILES string of the molecule is COC(=O)Nc1ccc(S(=O)(=O)N2CCC(Oc3ccc(C)nn3)C2)cc1. The van der Waals surface area contributed by atoms with Crippen LogP contribution in [0.2, 0.25) is 0 Å². The number of aromatic nitrogens is 2. The first-order valence-corrected chi connectivity index (χ1v) is 9.74. The first-order chi connectivity index (χ1) is 12.9. The predicted molar refractivity (Wildman–Crippen MR) is 97.0 cm³/mol. The third-order valence-electron chi connectivity index (χ3n) is 4.09. The van der Waals surface area contributed by atoms with Crippen molar-refractivity contribution in [2.24, 2.45) is 0 Å². The van der Waals surface area contributed by atoms with Crippen molar-refractivity contribution in [3.63, 3.8) is 0 Å². The Balaban J connectivity index is 1.65. The number of aryl methyl sites for hydroxylation is 1. The first kappa shape index (κ1) is 19.1. The molecule has 1 aromatic carbocycles. The number of amides is 1. The van der Waals surface area contributed by atoms with Gasteiger partial charge in [-0.3, -0.25) is 5.32 Å². The summed E-state index contributed by atoms with van der Waals surface area (Å²) in [4.78, 5) is 11.3. The minimum absolute atomic E-state index is 0.147. The van der Waals surface area contributed by atoms with E-state index in [1.54, 1.807) is 12.1 Å². The van der Waals surface area contributed by atoms with Gasteiger partial charge in [-0.15, -0.1) is 5.10 Å². The highest BCUT2D eigenvalue weighted by Crippen LogP contribution is 2.24. The number of ether oxygens (including phenoxy) is 2. The molecule has 0 radical (unpaired) electrons. The van der Waals surface area contributed by atoms with Crippen molar-refractivity contribution >= 4 is 21.8 Å². The molecule has 10 heteroatoms. The molecule has 0 saturated carbocycles. The summed E-state index contributed by atoms with van der Waals surface area (Å²) in [6, 6.07) is 9.41. The number of sulfonamides is 1. The number of anilines is 1. The Morgan fingerprint density at radius 2 is 1.93 bits per heavy atom. The van der Waals surface area contributed by atoms with E-state index < -0.39 is 16.1 Å². The molecule has 27 heavy (non-hydrogen) atoms. The van der Waals surface area contributed by atoms with E-state index in [2.05, 4.69) is 20.3 Å². The molecule has 1 atom stereocenters. The zero-order chi connectivity index (χ0) is 19.4. The number of methoxy groups -OCH3 is 1. The van der Waals surface area contributed by atoms with Gasteiger partial charge in [-0.05, 0) is 43.7 Å². The van der Waals surface area contributed by atoms with E-state index in [0.717, 1.165) is 5.69 Å². The maximum Gasteiger partial charge on any atom is 0.411 e. The van der Waals surface area contributed by atoms with Crippen LogP contribution < -0.4 is 10.1 Å². The maximum absolute atomic E-state index is 12.8. The third-order valence-corrected chi connectivity index (χ3v) is 5.97. The van der Waals surface area contributed by atoms with Gasteiger partial charge in [0.1, 0.15) is 6.10 Å². The molecular weight excluding hydrogens is 372 g/mol. The number of nitrogens with one attached hydrogen (secondary N) is 1. The monoisotopic (exact) mass is 392 g/mol. The average Bonchev–Trinajstić information content (AvgIpc) is 3.13. The fourth-order valence-corrected chi connectivity index (χ4v) is 4.15. The van der Waals surface area contributed by atoms with Gasteiger partial charge in [0.25, 0.3) is 0 Å². The summed E-state index contributed by atoms with van der Waals surface area (Å²) >= 11 is 0. The van der Waals surface area contributed by atoms with Gasteiger partial charge in [-0.2, -0.15) is 9.40 Å². The molecule has 0 bridgehead atoms. The molecule has 144 valence electrons. The summed E-state index contributed by atoms with van der Waals surface area (Å²) in [6.45, 7) is 2.42. The molecular formula is C17H20N4O5S. The van der Waals surface area contributed by atoms with Crippen LogP contribution in [0, 0.1) is 6.92 Å². The molecule has 1 N–H and O–H groups in total. The van der Waals surface area contributed by atoms with Crippen LogP contribution in [-0.2, 0) is 14.8 Å². The summed E-state index contributed by atoms with van der Waals surface area (Å²) in [7, 11) is -2.40. The van der Waals surface area contributed by atoms with Crippen LogP contribution in [-0.4, -0.2) is 55.3 Å². The van der Waals surface area contributed by atoms with Crippen molar-refractivity contribution in [2.45, 2.75) is 24.3 Å². The fraction of sp³-hybridized carbons (Fsp3) is 0.353. The van der Waals surface area contributed by atoms with Crippen LogP contribution in [0.1, 0.15) is 12.1 Å². The van der Waals surface area contributed by atoms with Crippen LogP contribution in [0.5, 0.6) is 5.88 Å². The number of nitrogens with zero attached hydrogens (tertiary/aromatic N) is 3. The molecule has 1 saturated heterocycles. The van der Waals surface area contributed by atoms with E-state index in [4.69, 9.17) is 4.74 Å². The summed E-state index contributed by atoms with van der Waals surface area (Å²) < 4.78 is 37.2. The number of hydrogen-bond donors (Lipinski definition) is 1. The van der Waals surface area contributed by atoms with E-state index in [1.165, 1.54) is 35.7 Å². The lowest BCUT2D eigenvalue weighted by atomic mass is 10.3. The number of rotatable bonds is 5. The number of benzene rings is 1. The number of hydrogen-bond acceptors (Lipinski definition) is 7. The van der Waals surface area contributed by atoms with Gasteiger partial charge in [0, 0.05) is 18.3 Å². The minimum atomic E-state index is -3.65. The predicted octanol–water partition coefficient (Wildman–Crippen LogP) is 1.81. The molecule has 1 aliphatic heterocycles. The summed E-state index contributed by atoms with van der Waals surface area (Å²) in [5.41, 5.74) is 1.23. The highest BCUT2D eigenvalue weighted by atomic mass is 32.2. The first-order valence-electron chi connectivity index (χ1n) is 8.30. The molecule has 2 heterocycles. The van der Waals surface area contributed by atoms with Crippen LogP contribution in [0.3, 0.4) is 0 Å². The second-order valence-electron chi connectivity index (χ2n) is 6.05. The molecule has 2 aromatic rings. The summed E-state index contributed by atoms with van der Waals surface area (Å²) in [5, 5.41) is 10.3. The van der Waals surface area contributed by atoms with Gasteiger partial charge in [-0.1, -0.05) is 0 Å². The normalized spacial score (nSPS) is 17.5. The summed E-state index contributed by atoms with van der Waals surface area (Å²) in [5.74, 6) is 0.378. The molecule has 3 rings (SSSR count). The fourth-order valence-electron chi connectivity index (χ4n) is 2.66. The van der Waals surface area contributed by atoms with Crippen LogP contribution in [0.4, 0.5) is 10.5 Å². The Hall–Kier alpha value is -2.72. The zero-order valence-corrected chi connectivity index (χ0v) is 15.8. The Morgan fingerprint density at radius 3 is 2.56 bits per heavy atom. The van der Waals surface area contributed by atoms with Gasteiger partial charge in [-0.25, -0.2) is 13.2 Å². The van der Waals surface area contributed by atoms with Crippen molar-refractivity contribution in [2.75, 3.05) is 25.5 Å². The molecule has 0 spiro atoms. The lowest BCUT2D eigenvalue weighted by molar-refractivity contribution is 0.187. The van der Waals surface area contributed by atoms with Crippen molar-refractivity contribution in [1.29, 1.82) is 0 Å².